The second kappa shape index (κ2) is 4.64. The van der Waals surface area contributed by atoms with Crippen LogP contribution in [0.2, 0.25) is 0 Å². The fraction of sp³-hybridized carbons (Fsp3) is 0.333. The van der Waals surface area contributed by atoms with Gasteiger partial charge >= 0.3 is 0 Å². The zero-order valence-electron chi connectivity index (χ0n) is 5.54. The van der Waals surface area contributed by atoms with Gasteiger partial charge in [0.25, 0.3) is 6.43 Å². The van der Waals surface area contributed by atoms with E-state index in [1.54, 1.807) is 17.5 Å². The summed E-state index contributed by atoms with van der Waals surface area (Å²) in [6, 6.07) is 2.21. The topological polar surface area (TPSA) is 26.0 Å². The lowest BCUT2D eigenvalue weighted by Gasteiger charge is -2.05. The van der Waals surface area contributed by atoms with Crippen LogP contribution in [0, 0.1) is 0 Å². The van der Waals surface area contributed by atoms with Gasteiger partial charge in [-0.3, -0.25) is 0 Å². The van der Waals surface area contributed by atoms with Gasteiger partial charge in [0, 0.05) is 4.88 Å². The standard InChI is InChI=1S/C6H7F2NS.ClH/c7-6(8)5(9)4-2-1-3-10-4;/h1-3,5-6H,9H2;1H/t5-;/m0./s1. The summed E-state index contributed by atoms with van der Waals surface area (Å²) in [6.45, 7) is 0. The summed E-state index contributed by atoms with van der Waals surface area (Å²) < 4.78 is 23.7. The number of alkyl halides is 2. The Morgan fingerprint density at radius 2 is 2.09 bits per heavy atom. The highest BCUT2D eigenvalue weighted by Gasteiger charge is 2.17. The largest absolute Gasteiger partial charge is 0.319 e. The van der Waals surface area contributed by atoms with Crippen molar-refractivity contribution in [2.75, 3.05) is 0 Å². The molecule has 1 atom stereocenters. The van der Waals surface area contributed by atoms with Crippen molar-refractivity contribution >= 4 is 23.7 Å². The Bertz CT molecular complexity index is 190. The molecule has 1 heterocycles. The number of nitrogens with two attached hydrogens (primary N) is 1. The fourth-order valence-corrected chi connectivity index (χ4v) is 1.34. The van der Waals surface area contributed by atoms with E-state index in [2.05, 4.69) is 0 Å². The average Bonchev–Trinajstić information content (AvgIpc) is 2.36. The molecule has 0 amide bonds. The zero-order chi connectivity index (χ0) is 7.56. The summed E-state index contributed by atoms with van der Waals surface area (Å²) in [6.07, 6.45) is -2.46. The first-order valence-electron chi connectivity index (χ1n) is 2.79. The van der Waals surface area contributed by atoms with E-state index in [1.165, 1.54) is 11.3 Å². The van der Waals surface area contributed by atoms with Crippen molar-refractivity contribution in [2.24, 2.45) is 5.73 Å². The zero-order valence-corrected chi connectivity index (χ0v) is 7.17. The maximum absolute atomic E-state index is 11.9. The van der Waals surface area contributed by atoms with Crippen molar-refractivity contribution in [3.8, 4) is 0 Å². The molecule has 64 valence electrons. The van der Waals surface area contributed by atoms with Crippen LogP contribution >= 0.6 is 23.7 Å². The molecular formula is C6H8ClF2NS. The van der Waals surface area contributed by atoms with Gasteiger partial charge in [0.05, 0.1) is 0 Å². The third kappa shape index (κ3) is 2.73. The summed E-state index contributed by atoms with van der Waals surface area (Å²) in [5, 5.41) is 1.73. The van der Waals surface area contributed by atoms with Crippen LogP contribution in [0.3, 0.4) is 0 Å². The minimum absolute atomic E-state index is 0. The molecule has 11 heavy (non-hydrogen) atoms. The molecule has 1 aromatic heterocycles. The molecule has 0 saturated heterocycles. The van der Waals surface area contributed by atoms with Gasteiger partial charge in [0.2, 0.25) is 0 Å². The molecule has 1 aromatic rings. The summed E-state index contributed by atoms with van der Waals surface area (Å²) in [4.78, 5) is 0.537. The third-order valence-electron chi connectivity index (χ3n) is 1.14. The van der Waals surface area contributed by atoms with Crippen molar-refractivity contribution in [3.63, 3.8) is 0 Å². The van der Waals surface area contributed by atoms with Crippen molar-refractivity contribution in [2.45, 2.75) is 12.5 Å². The molecule has 2 N–H and O–H groups in total. The Labute approximate surface area is 73.6 Å². The Morgan fingerprint density at radius 1 is 1.45 bits per heavy atom. The predicted octanol–water partition coefficient (Wildman–Crippen LogP) is 2.43. The quantitative estimate of drug-likeness (QED) is 0.778. The number of rotatable bonds is 2. The smallest absolute Gasteiger partial charge is 0.258 e. The van der Waals surface area contributed by atoms with Gasteiger partial charge in [0.1, 0.15) is 6.04 Å². The second-order valence-electron chi connectivity index (χ2n) is 1.88. The molecule has 1 rings (SSSR count). The monoisotopic (exact) mass is 199 g/mol. The maximum Gasteiger partial charge on any atom is 0.258 e. The molecule has 0 aromatic carbocycles. The van der Waals surface area contributed by atoms with Gasteiger partial charge in [-0.05, 0) is 11.4 Å². The highest BCUT2D eigenvalue weighted by atomic mass is 35.5. The number of thiophene rings is 1. The van der Waals surface area contributed by atoms with E-state index in [9.17, 15) is 8.78 Å². The van der Waals surface area contributed by atoms with Gasteiger partial charge in [-0.25, -0.2) is 8.78 Å². The molecule has 0 unspecified atom stereocenters. The highest BCUT2D eigenvalue weighted by Crippen LogP contribution is 2.21. The normalized spacial score (nSPS) is 12.7. The minimum Gasteiger partial charge on any atom is -0.319 e. The summed E-state index contributed by atoms with van der Waals surface area (Å²) in [5.41, 5.74) is 5.14. The van der Waals surface area contributed by atoms with Crippen LogP contribution < -0.4 is 5.73 Å². The molecule has 5 heteroatoms. The van der Waals surface area contributed by atoms with E-state index in [0.717, 1.165) is 0 Å². The molecule has 0 spiro atoms. The molecule has 0 fully saturated rings. The van der Waals surface area contributed by atoms with Crippen LogP contribution in [-0.4, -0.2) is 6.43 Å². The van der Waals surface area contributed by atoms with Crippen LogP contribution in [0.15, 0.2) is 17.5 Å². The molecule has 0 bridgehead atoms. The summed E-state index contributed by atoms with van der Waals surface area (Å²) in [5.74, 6) is 0. The van der Waals surface area contributed by atoms with Gasteiger partial charge in [-0.2, -0.15) is 0 Å². The Hall–Kier alpha value is -0.190. The number of hydrogen-bond acceptors (Lipinski definition) is 2. The van der Waals surface area contributed by atoms with E-state index in [4.69, 9.17) is 5.73 Å². The first-order chi connectivity index (χ1) is 4.72. The van der Waals surface area contributed by atoms with E-state index < -0.39 is 12.5 Å². The molecule has 0 aliphatic carbocycles. The first-order valence-corrected chi connectivity index (χ1v) is 3.67. The molecule has 1 nitrogen and oxygen atoms in total. The fourth-order valence-electron chi connectivity index (χ4n) is 0.605. The van der Waals surface area contributed by atoms with Crippen LogP contribution in [0.5, 0.6) is 0 Å². The highest BCUT2D eigenvalue weighted by molar-refractivity contribution is 7.10. The Balaban J connectivity index is 0.000001000. The first kappa shape index (κ1) is 10.8. The lowest BCUT2D eigenvalue weighted by molar-refractivity contribution is 0.118. The van der Waals surface area contributed by atoms with Gasteiger partial charge in [-0.15, -0.1) is 23.7 Å². The van der Waals surface area contributed by atoms with Gasteiger partial charge < -0.3 is 5.73 Å². The number of halogens is 3. The van der Waals surface area contributed by atoms with E-state index >= 15 is 0 Å². The maximum atomic E-state index is 11.9. The predicted molar refractivity (Wildman–Crippen MR) is 44.5 cm³/mol. The van der Waals surface area contributed by atoms with Crippen LogP contribution in [0.25, 0.3) is 0 Å². The van der Waals surface area contributed by atoms with E-state index in [-0.39, 0.29) is 12.4 Å². The SMILES string of the molecule is Cl.N[C@@H](c1cccs1)C(F)F. The molecule has 0 aliphatic rings. The summed E-state index contributed by atoms with van der Waals surface area (Å²) >= 11 is 1.25. The lowest BCUT2D eigenvalue weighted by Crippen LogP contribution is -2.17. The van der Waals surface area contributed by atoms with Crippen LogP contribution in [-0.2, 0) is 0 Å². The Morgan fingerprint density at radius 3 is 2.45 bits per heavy atom. The van der Waals surface area contributed by atoms with Crippen molar-refractivity contribution in [1.82, 2.24) is 0 Å². The Kier molecular flexibility index (Phi) is 4.56. The summed E-state index contributed by atoms with van der Waals surface area (Å²) in [7, 11) is 0. The van der Waals surface area contributed by atoms with Gasteiger partial charge in [-0.1, -0.05) is 6.07 Å². The average molecular weight is 200 g/mol. The number of hydrogen-bond donors (Lipinski definition) is 1. The van der Waals surface area contributed by atoms with Crippen LogP contribution in [0.1, 0.15) is 10.9 Å². The third-order valence-corrected chi connectivity index (χ3v) is 2.12. The molecule has 0 aliphatic heterocycles. The molecular weight excluding hydrogens is 192 g/mol. The minimum atomic E-state index is -2.46. The van der Waals surface area contributed by atoms with Gasteiger partial charge in [0.15, 0.2) is 0 Å². The van der Waals surface area contributed by atoms with Crippen molar-refractivity contribution in [1.29, 1.82) is 0 Å². The van der Waals surface area contributed by atoms with E-state index in [0.29, 0.717) is 4.88 Å². The van der Waals surface area contributed by atoms with Crippen molar-refractivity contribution in [3.05, 3.63) is 22.4 Å². The van der Waals surface area contributed by atoms with Crippen LogP contribution in [0.4, 0.5) is 8.78 Å². The molecule has 0 radical (unpaired) electrons. The lowest BCUT2D eigenvalue weighted by atomic mass is 10.3. The van der Waals surface area contributed by atoms with E-state index in [1.807, 2.05) is 0 Å². The molecule has 0 saturated carbocycles. The second-order valence-corrected chi connectivity index (χ2v) is 2.85. The van der Waals surface area contributed by atoms with Crippen molar-refractivity contribution < 1.29 is 8.78 Å².